The largest absolute Gasteiger partial charge is 0.366 e. The minimum atomic E-state index is -0.576. The number of nitrogens with zero attached hydrogens (tertiary/aromatic N) is 1. The van der Waals surface area contributed by atoms with Gasteiger partial charge in [-0.2, -0.15) is 0 Å². The van der Waals surface area contributed by atoms with Gasteiger partial charge in [0.2, 0.25) is 0 Å². The van der Waals surface area contributed by atoms with E-state index in [1.165, 1.54) is 22.7 Å². The average Bonchev–Trinajstić information content (AvgIpc) is 2.96. The number of carbonyl (C=O) groups excluding carboxylic acids is 2. The number of nitrogens with two attached hydrogens (primary N) is 2. The number of anilines is 1. The summed E-state index contributed by atoms with van der Waals surface area (Å²) >= 11 is 2.55. The molecule has 2 rings (SSSR count). The monoisotopic (exact) mass is 282 g/mol. The first kappa shape index (κ1) is 12.7. The van der Waals surface area contributed by atoms with E-state index in [2.05, 4.69) is 10.3 Å². The standard InChI is InChI=1S/C10H10N4O2S2/c11-3-7-13-6(4-18-7)9(16)14-10-5(8(12)15)1-2-17-10/h1-2,4H,3,11H2,(H2,12,15)(H,14,16). The lowest BCUT2D eigenvalue weighted by molar-refractivity contribution is 0.100. The maximum absolute atomic E-state index is 11.9. The molecule has 5 N–H and O–H groups in total. The minimum Gasteiger partial charge on any atom is -0.366 e. The van der Waals surface area contributed by atoms with Crippen molar-refractivity contribution in [3.05, 3.63) is 33.1 Å². The summed E-state index contributed by atoms with van der Waals surface area (Å²) in [4.78, 5) is 27.0. The smallest absolute Gasteiger partial charge is 0.275 e. The zero-order valence-corrected chi connectivity index (χ0v) is 10.8. The Morgan fingerprint density at radius 1 is 1.39 bits per heavy atom. The predicted octanol–water partition coefficient (Wildman–Crippen LogP) is 1.01. The molecule has 0 aliphatic carbocycles. The Hall–Kier alpha value is -1.77. The van der Waals surface area contributed by atoms with Gasteiger partial charge >= 0.3 is 0 Å². The van der Waals surface area contributed by atoms with Gasteiger partial charge < -0.3 is 16.8 Å². The number of primary amides is 1. The molecule has 0 atom stereocenters. The number of thiazole rings is 1. The normalized spacial score (nSPS) is 10.3. The summed E-state index contributed by atoms with van der Waals surface area (Å²) in [5.74, 6) is -0.955. The molecule has 6 nitrogen and oxygen atoms in total. The molecule has 8 heteroatoms. The number of aromatic nitrogens is 1. The van der Waals surface area contributed by atoms with E-state index >= 15 is 0 Å². The van der Waals surface area contributed by atoms with Gasteiger partial charge in [0.05, 0.1) is 5.56 Å². The van der Waals surface area contributed by atoms with E-state index in [-0.39, 0.29) is 11.6 Å². The molecule has 0 fully saturated rings. The van der Waals surface area contributed by atoms with Gasteiger partial charge in [0.15, 0.2) is 0 Å². The second-order valence-electron chi connectivity index (χ2n) is 3.31. The van der Waals surface area contributed by atoms with Crippen molar-refractivity contribution in [3.8, 4) is 0 Å². The Balaban J connectivity index is 2.16. The van der Waals surface area contributed by atoms with Crippen LogP contribution in [0.15, 0.2) is 16.8 Å². The molecule has 0 saturated heterocycles. The Morgan fingerprint density at radius 2 is 2.17 bits per heavy atom. The lowest BCUT2D eigenvalue weighted by Gasteiger charge is -2.01. The van der Waals surface area contributed by atoms with Gasteiger partial charge in [-0.25, -0.2) is 4.98 Å². The highest BCUT2D eigenvalue weighted by Crippen LogP contribution is 2.23. The van der Waals surface area contributed by atoms with E-state index in [1.807, 2.05) is 0 Å². The van der Waals surface area contributed by atoms with Crippen LogP contribution in [-0.2, 0) is 6.54 Å². The number of hydrogen-bond acceptors (Lipinski definition) is 6. The Bertz CT molecular complexity index is 590. The molecule has 18 heavy (non-hydrogen) atoms. The van der Waals surface area contributed by atoms with E-state index in [1.54, 1.807) is 16.8 Å². The summed E-state index contributed by atoms with van der Waals surface area (Å²) in [6.07, 6.45) is 0. The van der Waals surface area contributed by atoms with Crippen LogP contribution in [0.2, 0.25) is 0 Å². The first-order chi connectivity index (χ1) is 8.61. The Kier molecular flexibility index (Phi) is 3.70. The summed E-state index contributed by atoms with van der Waals surface area (Å²) in [6, 6.07) is 1.56. The van der Waals surface area contributed by atoms with Gasteiger partial charge in [0.25, 0.3) is 11.8 Å². The second kappa shape index (κ2) is 5.25. The number of carbonyl (C=O) groups is 2. The first-order valence-electron chi connectivity index (χ1n) is 4.95. The number of hydrogen-bond donors (Lipinski definition) is 3. The predicted molar refractivity (Wildman–Crippen MR) is 70.8 cm³/mol. The third-order valence-corrected chi connectivity index (χ3v) is 3.82. The lowest BCUT2D eigenvalue weighted by atomic mass is 10.3. The molecule has 94 valence electrons. The summed E-state index contributed by atoms with van der Waals surface area (Å²) < 4.78 is 0. The van der Waals surface area contributed by atoms with Crippen molar-refractivity contribution in [2.45, 2.75) is 6.54 Å². The quantitative estimate of drug-likeness (QED) is 0.777. The minimum absolute atomic E-state index is 0.282. The highest BCUT2D eigenvalue weighted by atomic mass is 32.1. The molecule has 2 heterocycles. The van der Waals surface area contributed by atoms with Gasteiger partial charge in [0.1, 0.15) is 15.7 Å². The third-order valence-electron chi connectivity index (χ3n) is 2.12. The number of rotatable bonds is 4. The second-order valence-corrected chi connectivity index (χ2v) is 5.17. The summed E-state index contributed by atoms with van der Waals surface area (Å²) in [7, 11) is 0. The molecular weight excluding hydrogens is 272 g/mol. The number of thiophene rings is 1. The van der Waals surface area contributed by atoms with E-state index in [4.69, 9.17) is 11.5 Å². The van der Waals surface area contributed by atoms with E-state index in [0.29, 0.717) is 22.1 Å². The van der Waals surface area contributed by atoms with Gasteiger partial charge in [-0.1, -0.05) is 0 Å². The fraction of sp³-hybridized carbons (Fsp3) is 0.100. The van der Waals surface area contributed by atoms with Crippen LogP contribution < -0.4 is 16.8 Å². The molecule has 0 radical (unpaired) electrons. The Labute approximate surface area is 111 Å². The lowest BCUT2D eigenvalue weighted by Crippen LogP contribution is -2.16. The van der Waals surface area contributed by atoms with Crippen LogP contribution in [-0.4, -0.2) is 16.8 Å². The van der Waals surface area contributed by atoms with Crippen LogP contribution in [0.4, 0.5) is 5.00 Å². The molecule has 2 aromatic rings. The average molecular weight is 282 g/mol. The van der Waals surface area contributed by atoms with Crippen LogP contribution >= 0.6 is 22.7 Å². The zero-order valence-electron chi connectivity index (χ0n) is 9.17. The molecule has 2 amide bonds. The highest BCUT2D eigenvalue weighted by Gasteiger charge is 2.15. The Morgan fingerprint density at radius 3 is 2.78 bits per heavy atom. The summed E-state index contributed by atoms with van der Waals surface area (Å²) in [5, 5.41) is 7.02. The van der Waals surface area contributed by atoms with Crippen molar-refractivity contribution < 1.29 is 9.59 Å². The van der Waals surface area contributed by atoms with Gasteiger partial charge in [-0.05, 0) is 11.4 Å². The third kappa shape index (κ3) is 2.55. The van der Waals surface area contributed by atoms with Gasteiger partial charge in [-0.3, -0.25) is 9.59 Å². The topological polar surface area (TPSA) is 111 Å². The van der Waals surface area contributed by atoms with Crippen molar-refractivity contribution in [2.75, 3.05) is 5.32 Å². The molecule has 0 aliphatic rings. The van der Waals surface area contributed by atoms with Crippen LogP contribution in [0, 0.1) is 0 Å². The molecule has 0 unspecified atom stereocenters. The van der Waals surface area contributed by atoms with Crippen LogP contribution in [0.1, 0.15) is 25.9 Å². The number of nitrogens with one attached hydrogen (secondary N) is 1. The first-order valence-corrected chi connectivity index (χ1v) is 6.71. The molecule has 0 saturated carbocycles. The number of amides is 2. The molecule has 0 bridgehead atoms. The van der Waals surface area contributed by atoms with Crippen molar-refractivity contribution in [1.29, 1.82) is 0 Å². The molecule has 0 aromatic carbocycles. The van der Waals surface area contributed by atoms with Gasteiger partial charge in [0, 0.05) is 11.9 Å². The van der Waals surface area contributed by atoms with Crippen molar-refractivity contribution in [3.63, 3.8) is 0 Å². The molecule has 2 aromatic heterocycles. The summed E-state index contributed by atoms with van der Waals surface area (Å²) in [6.45, 7) is 0.295. The fourth-order valence-corrected chi connectivity index (χ4v) is 2.72. The zero-order chi connectivity index (χ0) is 13.1. The van der Waals surface area contributed by atoms with E-state index in [0.717, 1.165) is 0 Å². The molecule has 0 aliphatic heterocycles. The molecular formula is C10H10N4O2S2. The fourth-order valence-electron chi connectivity index (χ4n) is 1.28. The highest BCUT2D eigenvalue weighted by molar-refractivity contribution is 7.14. The van der Waals surface area contributed by atoms with E-state index < -0.39 is 5.91 Å². The van der Waals surface area contributed by atoms with Crippen molar-refractivity contribution in [1.82, 2.24) is 4.98 Å². The van der Waals surface area contributed by atoms with Crippen molar-refractivity contribution >= 4 is 39.5 Å². The SMILES string of the molecule is NCc1nc(C(=O)Nc2sccc2C(N)=O)cs1. The summed E-state index contributed by atoms with van der Waals surface area (Å²) in [5.41, 5.74) is 11.2. The van der Waals surface area contributed by atoms with Crippen molar-refractivity contribution in [2.24, 2.45) is 11.5 Å². The molecule has 0 spiro atoms. The van der Waals surface area contributed by atoms with Crippen LogP contribution in [0.3, 0.4) is 0 Å². The van der Waals surface area contributed by atoms with Gasteiger partial charge in [-0.15, -0.1) is 22.7 Å². The van der Waals surface area contributed by atoms with E-state index in [9.17, 15) is 9.59 Å². The maximum Gasteiger partial charge on any atom is 0.275 e. The van der Waals surface area contributed by atoms with Crippen LogP contribution in [0.25, 0.3) is 0 Å². The maximum atomic E-state index is 11.9. The van der Waals surface area contributed by atoms with Crippen LogP contribution in [0.5, 0.6) is 0 Å².